The van der Waals surface area contributed by atoms with E-state index in [1.54, 1.807) is 11.3 Å². The molecular formula is C11H16N2OS. The van der Waals surface area contributed by atoms with Crippen LogP contribution in [0.25, 0.3) is 0 Å². The number of carbonyl (C=O) groups is 1. The summed E-state index contributed by atoms with van der Waals surface area (Å²) in [7, 11) is 0. The number of rotatable bonds is 3. The Hall–Kier alpha value is -0.870. The predicted octanol–water partition coefficient (Wildman–Crippen LogP) is 1.36. The van der Waals surface area contributed by atoms with Gasteiger partial charge in [0, 0.05) is 12.5 Å². The maximum Gasteiger partial charge on any atom is 0.223 e. The molecule has 2 N–H and O–H groups in total. The molecule has 15 heavy (non-hydrogen) atoms. The number of piperidine rings is 1. The monoisotopic (exact) mass is 224 g/mol. The van der Waals surface area contributed by atoms with Gasteiger partial charge in [-0.25, -0.2) is 0 Å². The van der Waals surface area contributed by atoms with Crippen molar-refractivity contribution in [3.8, 4) is 0 Å². The topological polar surface area (TPSA) is 41.1 Å². The second-order valence-electron chi connectivity index (χ2n) is 3.87. The van der Waals surface area contributed by atoms with Gasteiger partial charge in [0.25, 0.3) is 0 Å². The molecule has 0 unspecified atom stereocenters. The summed E-state index contributed by atoms with van der Waals surface area (Å²) in [4.78, 5) is 11.8. The van der Waals surface area contributed by atoms with Crippen LogP contribution < -0.4 is 10.6 Å². The Bertz CT molecular complexity index is 304. The van der Waals surface area contributed by atoms with Gasteiger partial charge in [-0.2, -0.15) is 11.3 Å². The van der Waals surface area contributed by atoms with Crippen molar-refractivity contribution < 1.29 is 4.79 Å². The highest BCUT2D eigenvalue weighted by Crippen LogP contribution is 2.12. The van der Waals surface area contributed by atoms with Gasteiger partial charge in [-0.15, -0.1) is 0 Å². The molecule has 0 atom stereocenters. The molecule has 2 rings (SSSR count). The van der Waals surface area contributed by atoms with E-state index in [-0.39, 0.29) is 11.8 Å². The molecule has 0 bridgehead atoms. The number of hydrogen-bond donors (Lipinski definition) is 2. The zero-order valence-corrected chi connectivity index (χ0v) is 9.48. The molecule has 0 saturated carbocycles. The molecule has 4 heteroatoms. The highest BCUT2D eigenvalue weighted by molar-refractivity contribution is 7.07. The SMILES string of the molecule is O=C(NCc1ccsc1)C1CCNCC1. The molecule has 1 saturated heterocycles. The lowest BCUT2D eigenvalue weighted by molar-refractivity contribution is -0.125. The first kappa shape index (κ1) is 10.6. The van der Waals surface area contributed by atoms with Crippen LogP contribution in [-0.2, 0) is 11.3 Å². The van der Waals surface area contributed by atoms with E-state index in [0.717, 1.165) is 25.9 Å². The molecule has 1 amide bonds. The summed E-state index contributed by atoms with van der Waals surface area (Å²) in [6.45, 7) is 2.61. The third-order valence-corrected chi connectivity index (χ3v) is 3.49. The summed E-state index contributed by atoms with van der Waals surface area (Å²) >= 11 is 1.67. The number of thiophene rings is 1. The van der Waals surface area contributed by atoms with Gasteiger partial charge < -0.3 is 10.6 Å². The van der Waals surface area contributed by atoms with Crippen molar-refractivity contribution >= 4 is 17.2 Å². The molecule has 0 aromatic carbocycles. The predicted molar refractivity (Wildman–Crippen MR) is 61.8 cm³/mol. The van der Waals surface area contributed by atoms with Gasteiger partial charge in [-0.3, -0.25) is 4.79 Å². The smallest absolute Gasteiger partial charge is 0.223 e. The first-order valence-electron chi connectivity index (χ1n) is 5.36. The molecule has 2 heterocycles. The minimum Gasteiger partial charge on any atom is -0.352 e. The molecule has 0 spiro atoms. The third-order valence-electron chi connectivity index (χ3n) is 2.76. The molecule has 3 nitrogen and oxygen atoms in total. The fourth-order valence-corrected chi connectivity index (χ4v) is 2.48. The van der Waals surface area contributed by atoms with Crippen LogP contribution in [0.5, 0.6) is 0 Å². The number of amides is 1. The number of hydrogen-bond acceptors (Lipinski definition) is 3. The fraction of sp³-hybridized carbons (Fsp3) is 0.545. The first-order valence-corrected chi connectivity index (χ1v) is 6.30. The molecule has 0 radical (unpaired) electrons. The van der Waals surface area contributed by atoms with E-state index in [1.165, 1.54) is 5.56 Å². The van der Waals surface area contributed by atoms with E-state index in [4.69, 9.17) is 0 Å². The minimum absolute atomic E-state index is 0.211. The van der Waals surface area contributed by atoms with Crippen LogP contribution in [0.4, 0.5) is 0 Å². The molecule has 1 aromatic rings. The maximum atomic E-state index is 11.8. The summed E-state index contributed by atoms with van der Waals surface area (Å²) in [5, 5.41) is 10.4. The lowest BCUT2D eigenvalue weighted by atomic mass is 9.97. The Morgan fingerprint density at radius 1 is 1.53 bits per heavy atom. The Balaban J connectivity index is 1.76. The van der Waals surface area contributed by atoms with Gasteiger partial charge in [0.1, 0.15) is 0 Å². The van der Waals surface area contributed by atoms with Gasteiger partial charge in [0.2, 0.25) is 5.91 Å². The molecule has 82 valence electrons. The second kappa shape index (κ2) is 5.28. The average molecular weight is 224 g/mol. The lowest BCUT2D eigenvalue weighted by Crippen LogP contribution is -2.37. The molecule has 1 aromatic heterocycles. The van der Waals surface area contributed by atoms with Crippen molar-refractivity contribution in [3.05, 3.63) is 22.4 Å². The van der Waals surface area contributed by atoms with Gasteiger partial charge in [0.05, 0.1) is 0 Å². The number of carbonyl (C=O) groups excluding carboxylic acids is 1. The summed E-state index contributed by atoms with van der Waals surface area (Å²) in [5.74, 6) is 0.424. The normalized spacial score (nSPS) is 17.6. The van der Waals surface area contributed by atoms with Crippen molar-refractivity contribution in [2.75, 3.05) is 13.1 Å². The van der Waals surface area contributed by atoms with E-state index in [9.17, 15) is 4.79 Å². The largest absolute Gasteiger partial charge is 0.352 e. The van der Waals surface area contributed by atoms with E-state index >= 15 is 0 Å². The van der Waals surface area contributed by atoms with Gasteiger partial charge >= 0.3 is 0 Å². The fourth-order valence-electron chi connectivity index (χ4n) is 1.81. The standard InChI is InChI=1S/C11H16N2OS/c14-11(10-1-4-12-5-2-10)13-7-9-3-6-15-8-9/h3,6,8,10,12H,1-2,4-5,7H2,(H,13,14). The van der Waals surface area contributed by atoms with E-state index in [0.29, 0.717) is 6.54 Å². The average Bonchev–Trinajstić information content (AvgIpc) is 2.80. The van der Waals surface area contributed by atoms with Gasteiger partial charge in [-0.1, -0.05) is 0 Å². The summed E-state index contributed by atoms with van der Waals surface area (Å²) < 4.78 is 0. The Morgan fingerprint density at radius 2 is 2.33 bits per heavy atom. The summed E-state index contributed by atoms with van der Waals surface area (Å²) in [5.41, 5.74) is 1.20. The van der Waals surface area contributed by atoms with Crippen LogP contribution in [0.15, 0.2) is 16.8 Å². The molecular weight excluding hydrogens is 208 g/mol. The van der Waals surface area contributed by atoms with Crippen LogP contribution in [0.3, 0.4) is 0 Å². The Labute approximate surface area is 93.9 Å². The van der Waals surface area contributed by atoms with Crippen molar-refractivity contribution in [1.82, 2.24) is 10.6 Å². The van der Waals surface area contributed by atoms with E-state index in [1.807, 2.05) is 11.4 Å². The van der Waals surface area contributed by atoms with Crippen LogP contribution in [0, 0.1) is 5.92 Å². The third kappa shape index (κ3) is 3.04. The van der Waals surface area contributed by atoms with Crippen molar-refractivity contribution in [2.24, 2.45) is 5.92 Å². The lowest BCUT2D eigenvalue weighted by Gasteiger charge is -2.21. The number of nitrogens with one attached hydrogen (secondary N) is 2. The summed E-state index contributed by atoms with van der Waals surface area (Å²) in [6.07, 6.45) is 1.94. The highest BCUT2D eigenvalue weighted by atomic mass is 32.1. The van der Waals surface area contributed by atoms with Gasteiger partial charge in [0.15, 0.2) is 0 Å². The van der Waals surface area contributed by atoms with E-state index in [2.05, 4.69) is 16.0 Å². The molecule has 0 aliphatic carbocycles. The van der Waals surface area contributed by atoms with Crippen molar-refractivity contribution in [1.29, 1.82) is 0 Å². The summed E-state index contributed by atoms with van der Waals surface area (Å²) in [6, 6.07) is 2.05. The van der Waals surface area contributed by atoms with Crippen molar-refractivity contribution in [2.45, 2.75) is 19.4 Å². The molecule has 1 aliphatic heterocycles. The molecule has 1 fully saturated rings. The van der Waals surface area contributed by atoms with Crippen LogP contribution in [-0.4, -0.2) is 19.0 Å². The van der Waals surface area contributed by atoms with Crippen LogP contribution >= 0.6 is 11.3 Å². The first-order chi connectivity index (χ1) is 7.36. The zero-order chi connectivity index (χ0) is 10.5. The zero-order valence-electron chi connectivity index (χ0n) is 8.66. The maximum absolute atomic E-state index is 11.8. The second-order valence-corrected chi connectivity index (χ2v) is 4.65. The van der Waals surface area contributed by atoms with Crippen molar-refractivity contribution in [3.63, 3.8) is 0 Å². The highest BCUT2D eigenvalue weighted by Gasteiger charge is 2.20. The Morgan fingerprint density at radius 3 is 3.00 bits per heavy atom. The van der Waals surface area contributed by atoms with Gasteiger partial charge in [-0.05, 0) is 48.3 Å². The van der Waals surface area contributed by atoms with E-state index < -0.39 is 0 Å². The minimum atomic E-state index is 0.211. The molecule has 1 aliphatic rings. The quantitative estimate of drug-likeness (QED) is 0.814. The van der Waals surface area contributed by atoms with Crippen LogP contribution in [0.1, 0.15) is 18.4 Å². The Kier molecular flexibility index (Phi) is 3.75. The van der Waals surface area contributed by atoms with Crippen LogP contribution in [0.2, 0.25) is 0 Å².